The van der Waals surface area contributed by atoms with E-state index in [1.165, 1.54) is 11.1 Å². The first-order valence-corrected chi connectivity index (χ1v) is 8.52. The molecule has 0 aromatic heterocycles. The van der Waals surface area contributed by atoms with Crippen LogP contribution in [0.4, 0.5) is 0 Å². The summed E-state index contributed by atoms with van der Waals surface area (Å²) < 4.78 is 11.6. The summed E-state index contributed by atoms with van der Waals surface area (Å²) in [5, 5.41) is 0. The number of hydrogen-bond acceptors (Lipinski definition) is 2. The molecule has 0 saturated carbocycles. The van der Waals surface area contributed by atoms with Gasteiger partial charge in [-0.25, -0.2) is 0 Å². The first kappa shape index (κ1) is 16.2. The summed E-state index contributed by atoms with van der Waals surface area (Å²) in [6.07, 6.45) is 3.11. The van der Waals surface area contributed by atoms with Crippen LogP contribution in [0.15, 0.2) is 30.8 Å². The van der Waals surface area contributed by atoms with E-state index in [2.05, 4.69) is 38.6 Å². The van der Waals surface area contributed by atoms with Crippen molar-refractivity contribution >= 4 is 15.8 Å². The Morgan fingerprint density at radius 1 is 1.32 bits per heavy atom. The van der Waals surface area contributed by atoms with Gasteiger partial charge in [0.15, 0.2) is 9.76 Å². The van der Waals surface area contributed by atoms with Crippen LogP contribution in [0.2, 0.25) is 5.54 Å². The first-order valence-electron chi connectivity index (χ1n) is 7.13. The van der Waals surface area contributed by atoms with Crippen LogP contribution in [0.1, 0.15) is 44.4 Å². The molecule has 1 aromatic carbocycles. The van der Waals surface area contributed by atoms with Gasteiger partial charge in [0, 0.05) is 13.2 Å². The Hall–Kier alpha value is -0.903. The molecule has 1 aromatic rings. The molecule has 2 atom stereocenters. The lowest BCUT2D eigenvalue weighted by Gasteiger charge is -2.21. The molecular weight excluding hydrogens is 252 g/mol. The number of ether oxygens (including phenoxy) is 1. The highest BCUT2D eigenvalue weighted by Crippen LogP contribution is 2.25. The minimum absolute atomic E-state index is 0.199. The van der Waals surface area contributed by atoms with Gasteiger partial charge in [0.2, 0.25) is 0 Å². The maximum Gasteiger partial charge on any atom is 0.167 e. The highest BCUT2D eigenvalue weighted by molar-refractivity contribution is 6.29. The predicted molar refractivity (Wildman–Crippen MR) is 85.1 cm³/mol. The van der Waals surface area contributed by atoms with Crippen LogP contribution in [0.3, 0.4) is 0 Å². The lowest BCUT2D eigenvalue weighted by atomic mass is 10.0. The van der Waals surface area contributed by atoms with E-state index >= 15 is 0 Å². The fraction of sp³-hybridized carbons (Fsp3) is 0.500. The Morgan fingerprint density at radius 2 is 2.05 bits per heavy atom. The molecule has 2 nitrogen and oxygen atoms in total. The third-order valence-corrected chi connectivity index (χ3v) is 4.52. The zero-order valence-electron chi connectivity index (χ0n) is 12.4. The topological polar surface area (TPSA) is 18.5 Å². The van der Waals surface area contributed by atoms with Crippen molar-refractivity contribution in [2.45, 2.75) is 38.8 Å². The van der Waals surface area contributed by atoms with Gasteiger partial charge in [-0.05, 0) is 30.0 Å². The van der Waals surface area contributed by atoms with E-state index in [1.54, 1.807) is 0 Å². The summed E-state index contributed by atoms with van der Waals surface area (Å²) >= 11 is 0. The van der Waals surface area contributed by atoms with E-state index < -0.39 is 9.76 Å². The average molecular weight is 278 g/mol. The van der Waals surface area contributed by atoms with Gasteiger partial charge in [0.25, 0.3) is 0 Å². The second-order valence-corrected chi connectivity index (χ2v) is 6.89. The van der Waals surface area contributed by atoms with Crippen molar-refractivity contribution in [3.63, 3.8) is 0 Å². The largest absolute Gasteiger partial charge is 0.417 e. The fourth-order valence-corrected chi connectivity index (χ4v) is 3.30. The molecule has 0 fully saturated rings. The number of benzene rings is 1. The Morgan fingerprint density at radius 3 is 2.68 bits per heavy atom. The van der Waals surface area contributed by atoms with E-state index in [0.29, 0.717) is 5.54 Å². The first-order chi connectivity index (χ1) is 9.22. The van der Waals surface area contributed by atoms with Crippen LogP contribution in [0.5, 0.6) is 0 Å². The minimum Gasteiger partial charge on any atom is -0.417 e. The molecule has 0 aliphatic heterocycles. The summed E-state index contributed by atoms with van der Waals surface area (Å²) in [6.45, 7) is 11.9. The molecule has 1 rings (SSSR count). The molecule has 3 heteroatoms. The van der Waals surface area contributed by atoms with Crippen LogP contribution in [-0.2, 0) is 9.16 Å². The molecule has 0 aliphatic rings. The van der Waals surface area contributed by atoms with Crippen LogP contribution in [0.25, 0.3) is 6.08 Å². The van der Waals surface area contributed by atoms with Crippen molar-refractivity contribution in [2.24, 2.45) is 0 Å². The van der Waals surface area contributed by atoms with Crippen LogP contribution in [0, 0.1) is 0 Å². The Kier molecular flexibility index (Phi) is 7.71. The number of rotatable bonds is 9. The fourth-order valence-electron chi connectivity index (χ4n) is 2.07. The van der Waals surface area contributed by atoms with E-state index in [0.717, 1.165) is 19.6 Å². The van der Waals surface area contributed by atoms with E-state index in [-0.39, 0.29) is 6.10 Å². The van der Waals surface area contributed by atoms with Crippen molar-refractivity contribution in [2.75, 3.05) is 13.2 Å². The van der Waals surface area contributed by atoms with Gasteiger partial charge in [-0.1, -0.05) is 50.8 Å². The van der Waals surface area contributed by atoms with E-state index in [9.17, 15) is 0 Å². The zero-order valence-corrected chi connectivity index (χ0v) is 13.8. The monoisotopic (exact) mass is 278 g/mol. The third-order valence-electron chi connectivity index (χ3n) is 3.12. The van der Waals surface area contributed by atoms with Gasteiger partial charge in [-0.3, -0.25) is 0 Å². The molecule has 0 radical (unpaired) electrons. The maximum atomic E-state index is 6.19. The molecule has 0 heterocycles. The van der Waals surface area contributed by atoms with E-state index in [4.69, 9.17) is 9.16 Å². The van der Waals surface area contributed by atoms with Crippen molar-refractivity contribution < 1.29 is 9.16 Å². The second kappa shape index (κ2) is 9.07. The normalized spacial score (nSPS) is 14.7. The summed E-state index contributed by atoms with van der Waals surface area (Å²) in [4.78, 5) is 0. The quantitative estimate of drug-likeness (QED) is 0.641. The van der Waals surface area contributed by atoms with Crippen LogP contribution in [-0.4, -0.2) is 23.0 Å². The summed E-state index contributed by atoms with van der Waals surface area (Å²) in [6, 6.07) is 8.36. The Labute approximate surface area is 119 Å². The molecule has 0 spiro atoms. The van der Waals surface area contributed by atoms with Crippen molar-refractivity contribution in [3.05, 3.63) is 42.0 Å². The summed E-state index contributed by atoms with van der Waals surface area (Å²) in [5.41, 5.74) is 3.00. The van der Waals surface area contributed by atoms with Gasteiger partial charge in [0.05, 0.1) is 6.10 Å². The van der Waals surface area contributed by atoms with Gasteiger partial charge in [-0.15, -0.1) is 0 Å². The van der Waals surface area contributed by atoms with Crippen LogP contribution >= 0.6 is 0 Å². The molecule has 19 heavy (non-hydrogen) atoms. The average Bonchev–Trinajstić information content (AvgIpc) is 2.46. The van der Waals surface area contributed by atoms with E-state index in [1.807, 2.05) is 19.1 Å². The molecule has 106 valence electrons. The zero-order chi connectivity index (χ0) is 14.1. The SMILES string of the molecule is C=Cc1ccccc1C(CC)O[SiH2]C(C)COCC. The lowest BCUT2D eigenvalue weighted by Crippen LogP contribution is -2.15. The molecule has 0 bridgehead atoms. The van der Waals surface area contributed by atoms with Crippen molar-refractivity contribution in [3.8, 4) is 0 Å². The van der Waals surface area contributed by atoms with Crippen molar-refractivity contribution in [1.29, 1.82) is 0 Å². The molecule has 0 amide bonds. The molecule has 2 unspecified atom stereocenters. The summed E-state index contributed by atoms with van der Waals surface area (Å²) in [5.74, 6) is 0. The van der Waals surface area contributed by atoms with Crippen molar-refractivity contribution in [1.82, 2.24) is 0 Å². The lowest BCUT2D eigenvalue weighted by molar-refractivity contribution is 0.138. The molecule has 0 N–H and O–H groups in total. The van der Waals surface area contributed by atoms with Crippen LogP contribution < -0.4 is 0 Å². The number of hydrogen-bond donors (Lipinski definition) is 0. The van der Waals surface area contributed by atoms with Gasteiger partial charge in [-0.2, -0.15) is 0 Å². The highest BCUT2D eigenvalue weighted by Gasteiger charge is 2.14. The maximum absolute atomic E-state index is 6.19. The van der Waals surface area contributed by atoms with Gasteiger partial charge >= 0.3 is 0 Å². The predicted octanol–water partition coefficient (Wildman–Crippen LogP) is 3.73. The Bertz CT molecular complexity index is 379. The third kappa shape index (κ3) is 5.31. The van der Waals surface area contributed by atoms with Gasteiger partial charge in [0.1, 0.15) is 0 Å². The molecular formula is C16H26O2Si. The standard InChI is InChI=1S/C16H26O2Si/c1-5-14-10-8-9-11-15(14)16(6-2)18-19-13(4)12-17-7-3/h5,8-11,13,16H,1,6-7,12,19H2,2-4H3. The highest BCUT2D eigenvalue weighted by atomic mass is 28.2. The smallest absolute Gasteiger partial charge is 0.167 e. The summed E-state index contributed by atoms with van der Waals surface area (Å²) in [7, 11) is -0.570. The molecule has 0 aliphatic carbocycles. The minimum atomic E-state index is -0.570. The second-order valence-electron chi connectivity index (χ2n) is 4.83. The van der Waals surface area contributed by atoms with Gasteiger partial charge < -0.3 is 9.16 Å². The Balaban J connectivity index is 2.60. The molecule has 0 saturated heterocycles.